The van der Waals surface area contributed by atoms with Crippen molar-refractivity contribution in [1.82, 2.24) is 0 Å². The predicted octanol–water partition coefficient (Wildman–Crippen LogP) is 5.22. The second-order valence-corrected chi connectivity index (χ2v) is 7.48. The van der Waals surface area contributed by atoms with Crippen molar-refractivity contribution < 1.29 is 19.1 Å². The molecule has 0 saturated heterocycles. The van der Waals surface area contributed by atoms with E-state index >= 15 is 0 Å². The number of ether oxygens (including phenoxy) is 2. The van der Waals surface area contributed by atoms with E-state index in [9.17, 15) is 9.59 Å². The van der Waals surface area contributed by atoms with E-state index in [-0.39, 0.29) is 11.6 Å². The van der Waals surface area contributed by atoms with E-state index in [1.54, 1.807) is 24.3 Å². The minimum absolute atomic E-state index is 0.110. The monoisotopic (exact) mass is 490 g/mol. The van der Waals surface area contributed by atoms with E-state index in [4.69, 9.17) is 32.7 Å². The second-order valence-electron chi connectivity index (χ2n) is 5.42. The first-order valence-electron chi connectivity index (χ1n) is 7.57. The predicted molar refractivity (Wildman–Crippen MR) is 105 cm³/mol. The summed E-state index contributed by atoms with van der Waals surface area (Å²) in [5.74, 6) is 1.30. The average Bonchev–Trinajstić information content (AvgIpc) is 2.58. The number of carbonyl (C=O) groups is 2. The van der Waals surface area contributed by atoms with Crippen LogP contribution in [0.2, 0.25) is 10.0 Å². The molecule has 0 atom stereocenters. The van der Waals surface area contributed by atoms with E-state index in [0.717, 1.165) is 3.57 Å². The van der Waals surface area contributed by atoms with E-state index < -0.39 is 0 Å². The number of hydrogen-bond donors (Lipinski definition) is 0. The van der Waals surface area contributed by atoms with Crippen molar-refractivity contribution in [1.29, 1.82) is 0 Å². The molecule has 2 heterocycles. The summed E-state index contributed by atoms with van der Waals surface area (Å²) in [7, 11) is 0. The Bertz CT molecular complexity index is 851. The van der Waals surface area contributed by atoms with Crippen LogP contribution >= 0.6 is 45.8 Å². The van der Waals surface area contributed by atoms with Gasteiger partial charge in [0, 0.05) is 16.4 Å². The van der Waals surface area contributed by atoms with Gasteiger partial charge in [0.1, 0.15) is 11.5 Å². The summed E-state index contributed by atoms with van der Waals surface area (Å²) in [5, 5.41) is 1.04. The standard InChI is InChI=1S/C9H6ClIO2.C9H7ClO2/c10-7-4-5(11)3-6-8(12)1-2-13-9(6)7;10-7-3-1-2-6-8(11)4-5-12-9(6)7/h3-4H,1-2H2;1-3H,4-5H2. The van der Waals surface area contributed by atoms with Gasteiger partial charge < -0.3 is 9.47 Å². The summed E-state index contributed by atoms with van der Waals surface area (Å²) in [6.07, 6.45) is 0.900. The third kappa shape index (κ3) is 4.10. The highest BCUT2D eigenvalue weighted by Crippen LogP contribution is 2.34. The van der Waals surface area contributed by atoms with Crippen LogP contribution in [-0.4, -0.2) is 24.8 Å². The molecule has 25 heavy (non-hydrogen) atoms. The highest BCUT2D eigenvalue weighted by Gasteiger charge is 2.21. The molecule has 0 saturated carbocycles. The largest absolute Gasteiger partial charge is 0.491 e. The average molecular weight is 491 g/mol. The van der Waals surface area contributed by atoms with Crippen LogP contribution < -0.4 is 9.47 Å². The second kappa shape index (κ2) is 7.93. The molecule has 0 spiro atoms. The molecular weight excluding hydrogens is 478 g/mol. The fourth-order valence-corrected chi connectivity index (χ4v) is 3.86. The van der Waals surface area contributed by atoms with Crippen LogP contribution in [0.3, 0.4) is 0 Å². The number of fused-ring (bicyclic) bond motifs is 2. The van der Waals surface area contributed by atoms with Crippen LogP contribution in [0.25, 0.3) is 0 Å². The van der Waals surface area contributed by atoms with Crippen LogP contribution in [0, 0.1) is 3.57 Å². The highest BCUT2D eigenvalue weighted by atomic mass is 127. The summed E-state index contributed by atoms with van der Waals surface area (Å²) < 4.78 is 11.6. The van der Waals surface area contributed by atoms with Crippen LogP contribution in [0.4, 0.5) is 0 Å². The molecule has 0 aliphatic carbocycles. The molecule has 4 rings (SSSR count). The quantitative estimate of drug-likeness (QED) is 0.475. The maximum absolute atomic E-state index is 11.4. The van der Waals surface area contributed by atoms with E-state index in [1.165, 1.54) is 0 Å². The fraction of sp³-hybridized carbons (Fsp3) is 0.222. The number of carbonyl (C=O) groups excluding carboxylic acids is 2. The number of hydrogen-bond acceptors (Lipinski definition) is 4. The first kappa shape index (κ1) is 18.5. The fourth-order valence-electron chi connectivity index (χ4n) is 2.55. The van der Waals surface area contributed by atoms with Crippen molar-refractivity contribution >= 4 is 57.4 Å². The summed E-state index contributed by atoms with van der Waals surface area (Å²) in [6, 6.07) is 8.82. The summed E-state index contributed by atoms with van der Waals surface area (Å²) >= 11 is 13.9. The van der Waals surface area contributed by atoms with E-state index in [0.29, 0.717) is 58.7 Å². The highest BCUT2D eigenvalue weighted by molar-refractivity contribution is 14.1. The maximum atomic E-state index is 11.4. The Labute approximate surface area is 168 Å². The van der Waals surface area contributed by atoms with Crippen molar-refractivity contribution in [2.45, 2.75) is 12.8 Å². The van der Waals surface area contributed by atoms with E-state index in [2.05, 4.69) is 22.6 Å². The smallest absolute Gasteiger partial charge is 0.170 e. The number of Topliss-reactive ketones (excluding diaryl/α,β-unsaturated/α-hetero) is 2. The minimum Gasteiger partial charge on any atom is -0.491 e. The molecule has 2 aliphatic heterocycles. The molecule has 130 valence electrons. The molecule has 7 heteroatoms. The zero-order valence-corrected chi connectivity index (χ0v) is 16.7. The van der Waals surface area contributed by atoms with Gasteiger partial charge in [0.15, 0.2) is 11.6 Å². The van der Waals surface area contributed by atoms with Gasteiger partial charge in [-0.2, -0.15) is 0 Å². The third-order valence-corrected chi connectivity index (χ3v) is 4.93. The summed E-state index contributed by atoms with van der Waals surface area (Å²) in [4.78, 5) is 22.7. The van der Waals surface area contributed by atoms with Gasteiger partial charge >= 0.3 is 0 Å². The van der Waals surface area contributed by atoms with Crippen molar-refractivity contribution in [3.05, 3.63) is 55.1 Å². The lowest BCUT2D eigenvalue weighted by molar-refractivity contribution is 0.0924. The van der Waals surface area contributed by atoms with Crippen LogP contribution in [0.15, 0.2) is 30.3 Å². The SMILES string of the molecule is O=C1CCOc2c(Cl)cc(I)cc21.O=C1CCOc2c(Cl)cccc21. The molecular formula is C18H13Cl2IO4. The Kier molecular flexibility index (Phi) is 5.86. The molecule has 2 aromatic carbocycles. The van der Waals surface area contributed by atoms with Crippen LogP contribution in [0.1, 0.15) is 33.6 Å². The van der Waals surface area contributed by atoms with Gasteiger partial charge in [-0.3, -0.25) is 9.59 Å². The first-order chi connectivity index (χ1) is 12.0. The number of benzene rings is 2. The van der Waals surface area contributed by atoms with Gasteiger partial charge in [-0.05, 0) is 46.9 Å². The molecule has 0 bridgehead atoms. The van der Waals surface area contributed by atoms with Gasteiger partial charge in [-0.25, -0.2) is 0 Å². The zero-order chi connectivity index (χ0) is 18.0. The normalized spacial score (nSPS) is 15.2. The summed E-state index contributed by atoms with van der Waals surface area (Å²) in [6.45, 7) is 0.877. The molecule has 0 unspecified atom stereocenters. The van der Waals surface area contributed by atoms with Gasteiger partial charge in [0.2, 0.25) is 0 Å². The molecule has 4 nitrogen and oxygen atoms in total. The minimum atomic E-state index is 0.110. The maximum Gasteiger partial charge on any atom is 0.170 e. The van der Waals surface area contributed by atoms with E-state index in [1.807, 2.05) is 6.07 Å². The van der Waals surface area contributed by atoms with Crippen molar-refractivity contribution in [3.63, 3.8) is 0 Å². The van der Waals surface area contributed by atoms with Gasteiger partial charge in [0.05, 0.1) is 34.4 Å². The zero-order valence-electron chi connectivity index (χ0n) is 13.0. The van der Waals surface area contributed by atoms with Gasteiger partial charge in [-0.15, -0.1) is 0 Å². The lowest BCUT2D eigenvalue weighted by Crippen LogP contribution is -2.15. The Balaban J connectivity index is 0.000000146. The molecule has 0 radical (unpaired) electrons. The Morgan fingerprint density at radius 1 is 0.840 bits per heavy atom. The number of ketones is 2. The number of para-hydroxylation sites is 1. The molecule has 0 amide bonds. The first-order valence-corrected chi connectivity index (χ1v) is 9.40. The van der Waals surface area contributed by atoms with Crippen LogP contribution in [0.5, 0.6) is 11.5 Å². The van der Waals surface area contributed by atoms with Crippen molar-refractivity contribution in [2.24, 2.45) is 0 Å². The molecule has 2 aromatic rings. The third-order valence-electron chi connectivity index (χ3n) is 3.73. The van der Waals surface area contributed by atoms with Crippen molar-refractivity contribution in [2.75, 3.05) is 13.2 Å². The lowest BCUT2D eigenvalue weighted by Gasteiger charge is -2.17. The van der Waals surface area contributed by atoms with Crippen molar-refractivity contribution in [3.8, 4) is 11.5 Å². The Morgan fingerprint density at radius 2 is 1.44 bits per heavy atom. The Hall–Kier alpha value is -1.31. The van der Waals surface area contributed by atoms with Gasteiger partial charge in [0.25, 0.3) is 0 Å². The van der Waals surface area contributed by atoms with Crippen LogP contribution in [-0.2, 0) is 0 Å². The molecule has 0 fully saturated rings. The lowest BCUT2D eigenvalue weighted by atomic mass is 10.1. The Morgan fingerprint density at radius 3 is 2.08 bits per heavy atom. The number of rotatable bonds is 0. The summed E-state index contributed by atoms with van der Waals surface area (Å²) in [5.41, 5.74) is 1.22. The topological polar surface area (TPSA) is 52.6 Å². The molecule has 0 N–H and O–H groups in total. The molecule has 0 aromatic heterocycles. The molecule has 2 aliphatic rings. The number of halogens is 3. The van der Waals surface area contributed by atoms with Gasteiger partial charge in [-0.1, -0.05) is 29.3 Å².